The SMILES string of the molecule is O=C(O)CC1Sc2nnc(-c3ccncc3)n2N=C1c1cccs1. The largest absolute Gasteiger partial charge is 0.481 e. The van der Waals surface area contributed by atoms with E-state index in [1.165, 1.54) is 23.1 Å². The molecule has 120 valence electrons. The van der Waals surface area contributed by atoms with E-state index in [0.717, 1.165) is 16.2 Å². The number of carboxylic acid groups (broad SMARTS) is 1. The van der Waals surface area contributed by atoms with Gasteiger partial charge >= 0.3 is 5.97 Å². The standard InChI is InChI=1S/C15H11N5O2S2/c21-12(22)8-11-13(10-2-1-7-23-10)19-20-14(17-18-15(20)24-11)9-3-5-16-6-4-9/h1-7,11H,8H2,(H,21,22). The molecule has 0 saturated heterocycles. The van der Waals surface area contributed by atoms with Gasteiger partial charge in [0.15, 0.2) is 5.82 Å². The van der Waals surface area contributed by atoms with Crippen LogP contribution in [-0.2, 0) is 4.79 Å². The monoisotopic (exact) mass is 357 g/mol. The zero-order valence-electron chi connectivity index (χ0n) is 12.2. The maximum absolute atomic E-state index is 11.2. The van der Waals surface area contributed by atoms with Gasteiger partial charge in [0, 0.05) is 18.0 Å². The number of thioether (sulfide) groups is 1. The summed E-state index contributed by atoms with van der Waals surface area (Å²) < 4.78 is 1.67. The number of nitrogens with zero attached hydrogens (tertiary/aromatic N) is 5. The van der Waals surface area contributed by atoms with Crippen LogP contribution in [0.5, 0.6) is 0 Å². The van der Waals surface area contributed by atoms with Crippen molar-refractivity contribution in [2.45, 2.75) is 16.8 Å². The third-order valence-electron chi connectivity index (χ3n) is 3.44. The van der Waals surface area contributed by atoms with Crippen LogP contribution in [0.25, 0.3) is 11.4 Å². The molecule has 0 fully saturated rings. The first kappa shape index (κ1) is 15.0. The number of carbonyl (C=O) groups is 1. The van der Waals surface area contributed by atoms with Crippen LogP contribution in [0.2, 0.25) is 0 Å². The molecule has 1 N–H and O–H groups in total. The van der Waals surface area contributed by atoms with Crippen molar-refractivity contribution in [3.05, 3.63) is 46.9 Å². The highest BCUT2D eigenvalue weighted by Crippen LogP contribution is 2.35. The zero-order chi connectivity index (χ0) is 16.5. The average molecular weight is 357 g/mol. The molecule has 24 heavy (non-hydrogen) atoms. The molecule has 1 aliphatic rings. The van der Waals surface area contributed by atoms with Crippen LogP contribution in [0.1, 0.15) is 11.3 Å². The van der Waals surface area contributed by atoms with Crippen molar-refractivity contribution in [2.24, 2.45) is 5.10 Å². The van der Waals surface area contributed by atoms with Gasteiger partial charge in [-0.05, 0) is 23.6 Å². The summed E-state index contributed by atoms with van der Waals surface area (Å²) in [6, 6.07) is 7.55. The molecule has 4 rings (SSSR count). The van der Waals surface area contributed by atoms with Gasteiger partial charge in [0.1, 0.15) is 0 Å². The minimum absolute atomic E-state index is 0.0150. The van der Waals surface area contributed by atoms with Crippen LogP contribution in [0.15, 0.2) is 52.3 Å². The van der Waals surface area contributed by atoms with Crippen molar-refractivity contribution >= 4 is 34.8 Å². The Hall–Kier alpha value is -2.52. The van der Waals surface area contributed by atoms with Gasteiger partial charge in [-0.3, -0.25) is 9.78 Å². The Morgan fingerprint density at radius 2 is 2.08 bits per heavy atom. The molecule has 0 aromatic carbocycles. The molecule has 1 atom stereocenters. The van der Waals surface area contributed by atoms with Crippen molar-refractivity contribution in [2.75, 3.05) is 0 Å². The summed E-state index contributed by atoms with van der Waals surface area (Å²) in [5, 5.41) is 24.5. The van der Waals surface area contributed by atoms with Gasteiger partial charge in [-0.25, -0.2) is 0 Å². The van der Waals surface area contributed by atoms with E-state index in [1.54, 1.807) is 17.1 Å². The average Bonchev–Trinajstić information content (AvgIpc) is 3.23. The van der Waals surface area contributed by atoms with Gasteiger partial charge in [0.05, 0.1) is 22.3 Å². The molecule has 4 heterocycles. The molecule has 0 aliphatic carbocycles. The normalized spacial score (nSPS) is 16.5. The summed E-state index contributed by atoms with van der Waals surface area (Å²) in [5.74, 6) is -0.248. The summed E-state index contributed by atoms with van der Waals surface area (Å²) in [7, 11) is 0. The van der Waals surface area contributed by atoms with Crippen molar-refractivity contribution in [1.29, 1.82) is 0 Å². The third kappa shape index (κ3) is 2.72. The Kier molecular flexibility index (Phi) is 3.87. The summed E-state index contributed by atoms with van der Waals surface area (Å²) in [5.41, 5.74) is 1.59. The predicted molar refractivity (Wildman–Crippen MR) is 91.4 cm³/mol. The Morgan fingerprint density at radius 1 is 1.25 bits per heavy atom. The first-order valence-corrected chi connectivity index (χ1v) is 8.85. The number of hydrogen-bond donors (Lipinski definition) is 1. The van der Waals surface area contributed by atoms with E-state index in [4.69, 9.17) is 0 Å². The van der Waals surface area contributed by atoms with E-state index >= 15 is 0 Å². The van der Waals surface area contributed by atoms with E-state index < -0.39 is 5.97 Å². The Morgan fingerprint density at radius 3 is 2.79 bits per heavy atom. The van der Waals surface area contributed by atoms with Gasteiger partial charge < -0.3 is 5.11 Å². The molecule has 1 unspecified atom stereocenters. The lowest BCUT2D eigenvalue weighted by atomic mass is 10.1. The van der Waals surface area contributed by atoms with Crippen LogP contribution in [0.4, 0.5) is 0 Å². The highest BCUT2D eigenvalue weighted by molar-refractivity contribution is 8.00. The van der Waals surface area contributed by atoms with Crippen LogP contribution in [0, 0.1) is 0 Å². The number of aliphatic carboxylic acids is 1. The maximum Gasteiger partial charge on any atom is 0.304 e. The highest BCUT2D eigenvalue weighted by Gasteiger charge is 2.31. The smallest absolute Gasteiger partial charge is 0.304 e. The van der Waals surface area contributed by atoms with E-state index in [-0.39, 0.29) is 11.7 Å². The quantitative estimate of drug-likeness (QED) is 0.771. The van der Waals surface area contributed by atoms with Crippen molar-refractivity contribution < 1.29 is 9.90 Å². The molecule has 0 bridgehead atoms. The first-order valence-electron chi connectivity index (χ1n) is 7.09. The summed E-state index contributed by atoms with van der Waals surface area (Å²) in [6.07, 6.45) is 3.35. The molecule has 0 saturated carbocycles. The third-order valence-corrected chi connectivity index (χ3v) is 5.48. The number of carboxylic acids is 1. The summed E-state index contributed by atoms with van der Waals surface area (Å²) in [4.78, 5) is 16.2. The fourth-order valence-electron chi connectivity index (χ4n) is 2.39. The highest BCUT2D eigenvalue weighted by atomic mass is 32.2. The van der Waals surface area contributed by atoms with Crippen LogP contribution < -0.4 is 0 Å². The second-order valence-corrected chi connectivity index (χ2v) is 7.14. The fraction of sp³-hybridized carbons (Fsp3) is 0.133. The van der Waals surface area contributed by atoms with Crippen LogP contribution in [0.3, 0.4) is 0 Å². The van der Waals surface area contributed by atoms with Crippen LogP contribution in [-0.4, -0.2) is 41.9 Å². The van der Waals surface area contributed by atoms with Gasteiger partial charge in [-0.15, -0.1) is 21.5 Å². The van der Waals surface area contributed by atoms with Gasteiger partial charge in [-0.1, -0.05) is 17.8 Å². The lowest BCUT2D eigenvalue weighted by Gasteiger charge is -2.20. The Labute approximate surface area is 145 Å². The van der Waals surface area contributed by atoms with Gasteiger partial charge in [0.25, 0.3) is 0 Å². The minimum atomic E-state index is -0.862. The maximum atomic E-state index is 11.2. The Bertz CT molecular complexity index is 905. The van der Waals surface area contributed by atoms with Gasteiger partial charge in [-0.2, -0.15) is 9.78 Å². The van der Waals surface area contributed by atoms with Crippen molar-refractivity contribution in [3.8, 4) is 11.4 Å². The second-order valence-electron chi connectivity index (χ2n) is 5.02. The van der Waals surface area contributed by atoms with E-state index in [1.807, 2.05) is 29.6 Å². The van der Waals surface area contributed by atoms with E-state index in [2.05, 4.69) is 20.3 Å². The molecule has 0 spiro atoms. The van der Waals surface area contributed by atoms with E-state index in [9.17, 15) is 9.90 Å². The number of thiophene rings is 1. The molecule has 1 aliphatic heterocycles. The number of fused-ring (bicyclic) bond motifs is 1. The molecule has 0 amide bonds. The molecule has 0 radical (unpaired) electrons. The van der Waals surface area contributed by atoms with Crippen LogP contribution >= 0.6 is 23.1 Å². The molecular weight excluding hydrogens is 346 g/mol. The molecule has 3 aromatic heterocycles. The fourth-order valence-corrected chi connectivity index (χ4v) is 4.32. The summed E-state index contributed by atoms with van der Waals surface area (Å²) in [6.45, 7) is 0. The van der Waals surface area contributed by atoms with Gasteiger partial charge in [0.2, 0.25) is 5.16 Å². The second kappa shape index (κ2) is 6.17. The number of pyridine rings is 1. The Balaban J connectivity index is 1.82. The molecule has 7 nitrogen and oxygen atoms in total. The topological polar surface area (TPSA) is 93.3 Å². The zero-order valence-corrected chi connectivity index (χ0v) is 13.9. The predicted octanol–water partition coefficient (Wildman–Crippen LogP) is 2.60. The van der Waals surface area contributed by atoms with Crippen molar-refractivity contribution in [1.82, 2.24) is 19.9 Å². The minimum Gasteiger partial charge on any atom is -0.481 e. The number of rotatable bonds is 4. The first-order chi connectivity index (χ1) is 11.7. The molecule has 9 heteroatoms. The number of aromatic nitrogens is 4. The summed E-state index contributed by atoms with van der Waals surface area (Å²) >= 11 is 2.91. The molecular formula is C15H11N5O2S2. The van der Waals surface area contributed by atoms with E-state index in [0.29, 0.717) is 11.0 Å². The number of hydrogen-bond acceptors (Lipinski definition) is 7. The molecule has 3 aromatic rings. The lowest BCUT2D eigenvalue weighted by Crippen LogP contribution is -2.26. The lowest BCUT2D eigenvalue weighted by molar-refractivity contribution is -0.136. The van der Waals surface area contributed by atoms with Crippen molar-refractivity contribution in [3.63, 3.8) is 0 Å².